The summed E-state index contributed by atoms with van der Waals surface area (Å²) >= 11 is 1.70. The first kappa shape index (κ1) is 37.8. The fourth-order valence-electron chi connectivity index (χ4n) is 5.08. The van der Waals surface area contributed by atoms with Crippen LogP contribution in [-0.2, 0) is 16.8 Å². The molecule has 2 aromatic carbocycles. The Morgan fingerprint density at radius 2 is 1.43 bits per heavy atom. The van der Waals surface area contributed by atoms with Crippen LogP contribution in [0, 0.1) is 6.92 Å². The molecule has 0 spiro atoms. The first-order valence-electron chi connectivity index (χ1n) is 16.5. The van der Waals surface area contributed by atoms with Gasteiger partial charge in [0.15, 0.2) is 30.3 Å². The van der Waals surface area contributed by atoms with E-state index in [1.54, 1.807) is 11.3 Å². The van der Waals surface area contributed by atoms with E-state index in [2.05, 4.69) is 67.5 Å². The molecular weight excluding hydrogens is 632 g/mol. The summed E-state index contributed by atoms with van der Waals surface area (Å²) in [5.74, 6) is 1.14. The van der Waals surface area contributed by atoms with Crippen molar-refractivity contribution in [3.63, 3.8) is 0 Å². The molecule has 0 aliphatic heterocycles. The van der Waals surface area contributed by atoms with Crippen LogP contribution in [-0.4, -0.2) is 19.1 Å². The number of hydrogen-bond acceptors (Lipinski definition) is 4. The minimum Gasteiger partial charge on any atom is -1.00 e. The Labute approximate surface area is 281 Å². The number of ether oxygens (including phenoxy) is 2. The summed E-state index contributed by atoms with van der Waals surface area (Å²) in [5.41, 5.74) is 6.49. The summed E-state index contributed by atoms with van der Waals surface area (Å²) < 4.78 is 14.4. The topological polar surface area (TPSA) is 51.4 Å². The van der Waals surface area contributed by atoms with Gasteiger partial charge in [-0.15, -0.1) is 0 Å². The van der Waals surface area contributed by atoms with Crippen molar-refractivity contribution in [2.75, 3.05) is 18.5 Å². The lowest BCUT2D eigenvalue weighted by atomic mass is 9.87. The first-order chi connectivity index (χ1) is 20.8. The average Bonchev–Trinajstić information content (AvgIpc) is 3.39. The molecule has 3 aromatic rings. The highest BCUT2D eigenvalue weighted by atomic mass is 79.9. The maximum atomic E-state index is 12.7. The van der Waals surface area contributed by atoms with Gasteiger partial charge in [-0.1, -0.05) is 128 Å². The van der Waals surface area contributed by atoms with Gasteiger partial charge in [-0.25, -0.2) is 0 Å². The number of aromatic nitrogens is 1. The predicted molar refractivity (Wildman–Crippen MR) is 181 cm³/mol. The minimum absolute atomic E-state index is 0. The van der Waals surface area contributed by atoms with Gasteiger partial charge in [0.2, 0.25) is 5.51 Å². The van der Waals surface area contributed by atoms with Crippen LogP contribution in [0.15, 0.2) is 53.4 Å². The third-order valence-corrected chi connectivity index (χ3v) is 8.75. The predicted octanol–water partition coefficient (Wildman–Crippen LogP) is 6.79. The Bertz CT molecular complexity index is 1220. The Morgan fingerprint density at radius 1 is 0.818 bits per heavy atom. The van der Waals surface area contributed by atoms with Gasteiger partial charge in [0.25, 0.3) is 5.91 Å². The van der Waals surface area contributed by atoms with Crippen molar-refractivity contribution in [3.05, 3.63) is 70.2 Å². The molecule has 1 aromatic heterocycles. The van der Waals surface area contributed by atoms with Crippen LogP contribution in [0.25, 0.3) is 0 Å². The van der Waals surface area contributed by atoms with E-state index >= 15 is 0 Å². The van der Waals surface area contributed by atoms with Gasteiger partial charge in [-0.2, -0.15) is 4.57 Å². The quantitative estimate of drug-likeness (QED) is 0.105. The van der Waals surface area contributed by atoms with E-state index in [1.165, 1.54) is 87.4 Å². The van der Waals surface area contributed by atoms with Gasteiger partial charge >= 0.3 is 0 Å². The molecule has 1 heterocycles. The van der Waals surface area contributed by atoms with Crippen LogP contribution in [0.4, 0.5) is 5.69 Å². The standard InChI is InChI=1S/C37H54N2O3S.BrH/c1-6-7-8-9-10-11-12-13-14-15-16-17-24-41-35-25-32(37(3,4)5)20-23-34(35)42-27-36(40)38-33-21-18-31(19-22-33)26-39-29-43-28-30(39)2;/h18-23,25,28-29H,6-17,24,26-27H2,1-5H3;1H. The number of rotatable bonds is 20. The van der Waals surface area contributed by atoms with Gasteiger partial charge in [0.05, 0.1) is 12.0 Å². The molecule has 0 aliphatic carbocycles. The van der Waals surface area contributed by atoms with E-state index in [9.17, 15) is 4.79 Å². The third kappa shape index (κ3) is 14.2. The van der Waals surface area contributed by atoms with Gasteiger partial charge in [-0.3, -0.25) is 4.79 Å². The largest absolute Gasteiger partial charge is 1.00 e. The number of nitrogens with one attached hydrogen (secondary N) is 1. The highest BCUT2D eigenvalue weighted by molar-refractivity contribution is 7.07. The van der Waals surface area contributed by atoms with Crippen molar-refractivity contribution >= 4 is 22.9 Å². The Morgan fingerprint density at radius 3 is 2.00 bits per heavy atom. The zero-order valence-corrected chi connectivity index (χ0v) is 30.2. The van der Waals surface area contributed by atoms with Crippen molar-refractivity contribution in [1.82, 2.24) is 0 Å². The van der Waals surface area contributed by atoms with Gasteiger partial charge in [-0.05, 0) is 41.7 Å². The Hall–Kier alpha value is -2.38. The molecular formula is C37H55BrN2O3S. The zero-order valence-electron chi connectivity index (χ0n) is 27.8. The fourth-order valence-corrected chi connectivity index (χ4v) is 5.86. The minimum atomic E-state index is -0.192. The van der Waals surface area contributed by atoms with Crippen LogP contribution in [0.1, 0.15) is 122 Å². The molecule has 244 valence electrons. The number of anilines is 1. The zero-order chi connectivity index (χ0) is 30.9. The molecule has 0 unspecified atom stereocenters. The molecule has 0 bridgehead atoms. The second-order valence-corrected chi connectivity index (χ2v) is 13.5. The molecule has 7 heteroatoms. The lowest BCUT2D eigenvalue weighted by Crippen LogP contribution is -3.00. The number of amides is 1. The van der Waals surface area contributed by atoms with Crippen molar-refractivity contribution in [3.8, 4) is 11.5 Å². The lowest BCUT2D eigenvalue weighted by Gasteiger charge is -2.21. The molecule has 0 fully saturated rings. The molecule has 0 atom stereocenters. The molecule has 0 saturated carbocycles. The second kappa shape index (κ2) is 20.6. The highest BCUT2D eigenvalue weighted by Gasteiger charge is 2.18. The van der Waals surface area contributed by atoms with E-state index < -0.39 is 0 Å². The number of hydrogen-bond donors (Lipinski definition) is 1. The first-order valence-corrected chi connectivity index (χ1v) is 17.4. The van der Waals surface area contributed by atoms with Gasteiger partial charge in [0, 0.05) is 18.2 Å². The van der Waals surface area contributed by atoms with Crippen LogP contribution >= 0.6 is 11.3 Å². The van der Waals surface area contributed by atoms with Crippen molar-refractivity contribution in [2.45, 2.75) is 124 Å². The van der Waals surface area contributed by atoms with E-state index in [0.717, 1.165) is 18.7 Å². The van der Waals surface area contributed by atoms with Crippen LogP contribution < -0.4 is 36.3 Å². The molecule has 0 aliphatic rings. The van der Waals surface area contributed by atoms with Gasteiger partial charge < -0.3 is 31.8 Å². The molecule has 1 N–H and O–H groups in total. The summed E-state index contributed by atoms with van der Waals surface area (Å²) in [4.78, 5) is 12.7. The summed E-state index contributed by atoms with van der Waals surface area (Å²) in [6.07, 6.45) is 15.8. The maximum absolute atomic E-state index is 12.7. The monoisotopic (exact) mass is 686 g/mol. The molecule has 44 heavy (non-hydrogen) atoms. The summed E-state index contributed by atoms with van der Waals surface area (Å²) in [6, 6.07) is 14.0. The number of carbonyl (C=O) groups is 1. The van der Waals surface area contributed by atoms with E-state index in [4.69, 9.17) is 9.47 Å². The average molecular weight is 688 g/mol. The van der Waals surface area contributed by atoms with Crippen LogP contribution in [0.3, 0.4) is 0 Å². The fraction of sp³-hybridized carbons (Fsp3) is 0.568. The number of unbranched alkanes of at least 4 members (excludes halogenated alkanes) is 11. The van der Waals surface area contributed by atoms with E-state index in [-0.39, 0.29) is 34.9 Å². The van der Waals surface area contributed by atoms with E-state index in [1.807, 2.05) is 30.3 Å². The number of aryl methyl sites for hydroxylation is 1. The van der Waals surface area contributed by atoms with Crippen LogP contribution in [0.5, 0.6) is 11.5 Å². The van der Waals surface area contributed by atoms with Crippen molar-refractivity contribution in [1.29, 1.82) is 0 Å². The normalized spacial score (nSPS) is 11.2. The third-order valence-electron chi connectivity index (χ3n) is 7.89. The molecule has 1 amide bonds. The molecule has 5 nitrogen and oxygen atoms in total. The molecule has 0 radical (unpaired) electrons. The number of thiazole rings is 1. The van der Waals surface area contributed by atoms with E-state index in [0.29, 0.717) is 18.1 Å². The number of carbonyl (C=O) groups excluding carboxylic acids is 1. The smallest absolute Gasteiger partial charge is 0.262 e. The number of nitrogens with zero attached hydrogens (tertiary/aromatic N) is 1. The summed E-state index contributed by atoms with van der Waals surface area (Å²) in [5, 5.41) is 5.09. The second-order valence-electron chi connectivity index (χ2n) is 12.8. The summed E-state index contributed by atoms with van der Waals surface area (Å²) in [6.45, 7) is 12.4. The summed E-state index contributed by atoms with van der Waals surface area (Å²) in [7, 11) is 0. The maximum Gasteiger partial charge on any atom is 0.262 e. The lowest BCUT2D eigenvalue weighted by molar-refractivity contribution is -0.689. The SMILES string of the molecule is CCCCCCCCCCCCCCOc1cc(C(C)(C)C)ccc1OCC(=O)Nc1ccc(C[n+]2cscc2C)cc1.[Br-]. The van der Waals surface area contributed by atoms with Crippen LogP contribution in [0.2, 0.25) is 0 Å². The highest BCUT2D eigenvalue weighted by Crippen LogP contribution is 2.33. The Balaban J connectivity index is 0.00000675. The Kier molecular flexibility index (Phi) is 17.7. The van der Waals surface area contributed by atoms with Crippen molar-refractivity contribution in [2.24, 2.45) is 0 Å². The molecule has 3 rings (SSSR count). The molecule has 0 saturated heterocycles. The number of benzene rings is 2. The van der Waals surface area contributed by atoms with Gasteiger partial charge in [0.1, 0.15) is 0 Å². The number of halogens is 1. The van der Waals surface area contributed by atoms with Crippen molar-refractivity contribution < 1.29 is 35.8 Å².